The Hall–Kier alpha value is -0.960. The molecule has 3 heteroatoms. The average molecular weight is 193 g/mol. The van der Waals surface area contributed by atoms with Crippen LogP contribution in [0.15, 0.2) is 18.2 Å². The van der Waals surface area contributed by atoms with Crippen molar-refractivity contribution in [2.24, 2.45) is 0 Å². The van der Waals surface area contributed by atoms with Gasteiger partial charge in [-0.3, -0.25) is 4.79 Å². The zero-order valence-electron chi connectivity index (χ0n) is 7.46. The van der Waals surface area contributed by atoms with Gasteiger partial charge in [-0.2, -0.15) is 11.8 Å². The van der Waals surface area contributed by atoms with E-state index in [9.17, 15) is 4.79 Å². The van der Waals surface area contributed by atoms with Gasteiger partial charge in [0.1, 0.15) is 0 Å². The summed E-state index contributed by atoms with van der Waals surface area (Å²) in [6.07, 6.45) is 0. The number of rotatable bonds is 1. The smallest absolute Gasteiger partial charge is 0.221 e. The molecule has 1 heterocycles. The van der Waals surface area contributed by atoms with Crippen molar-refractivity contribution < 1.29 is 4.79 Å². The van der Waals surface area contributed by atoms with E-state index in [1.54, 1.807) is 0 Å². The van der Waals surface area contributed by atoms with Crippen LogP contribution in [0.4, 0.5) is 5.69 Å². The van der Waals surface area contributed by atoms with Crippen LogP contribution in [0.5, 0.6) is 0 Å². The van der Waals surface area contributed by atoms with E-state index in [4.69, 9.17) is 0 Å². The molecule has 1 N–H and O–H groups in total. The van der Waals surface area contributed by atoms with Crippen LogP contribution in [0.1, 0.15) is 18.1 Å². The Balaban J connectivity index is 2.25. The molecular formula is C10H11NOS. The summed E-state index contributed by atoms with van der Waals surface area (Å²) in [4.78, 5) is 10.8. The maximum absolute atomic E-state index is 10.8. The lowest BCUT2D eigenvalue weighted by atomic mass is 10.1. The molecule has 0 unspecified atom stereocenters. The fraction of sp³-hybridized carbons (Fsp3) is 0.300. The summed E-state index contributed by atoms with van der Waals surface area (Å²) in [5.74, 6) is 2.17. The number of hydrogen-bond donors (Lipinski definition) is 1. The Morgan fingerprint density at radius 1 is 1.38 bits per heavy atom. The lowest BCUT2D eigenvalue weighted by molar-refractivity contribution is -0.114. The zero-order valence-corrected chi connectivity index (χ0v) is 8.28. The largest absolute Gasteiger partial charge is 0.326 e. The quantitative estimate of drug-likeness (QED) is 0.742. The van der Waals surface area contributed by atoms with Gasteiger partial charge < -0.3 is 5.32 Å². The van der Waals surface area contributed by atoms with Gasteiger partial charge in [-0.25, -0.2) is 0 Å². The van der Waals surface area contributed by atoms with Crippen LogP contribution in [-0.4, -0.2) is 5.91 Å². The van der Waals surface area contributed by atoms with Crippen molar-refractivity contribution in [1.82, 2.24) is 0 Å². The minimum absolute atomic E-state index is 0.00870. The summed E-state index contributed by atoms with van der Waals surface area (Å²) in [5, 5.41) is 2.79. The third-order valence-corrected chi connectivity index (χ3v) is 3.07. The predicted molar refractivity (Wildman–Crippen MR) is 55.7 cm³/mol. The zero-order chi connectivity index (χ0) is 9.26. The molecule has 1 aliphatic heterocycles. The normalized spacial score (nSPS) is 13.9. The minimum Gasteiger partial charge on any atom is -0.326 e. The average Bonchev–Trinajstić information content (AvgIpc) is 2.49. The van der Waals surface area contributed by atoms with Crippen LogP contribution < -0.4 is 5.32 Å². The van der Waals surface area contributed by atoms with E-state index in [2.05, 4.69) is 17.4 Å². The third kappa shape index (κ3) is 1.86. The van der Waals surface area contributed by atoms with E-state index < -0.39 is 0 Å². The molecule has 1 aromatic carbocycles. The highest BCUT2D eigenvalue weighted by Gasteiger charge is 2.11. The Morgan fingerprint density at radius 3 is 2.92 bits per heavy atom. The maximum atomic E-state index is 10.8. The van der Waals surface area contributed by atoms with Crippen molar-refractivity contribution in [2.75, 3.05) is 5.32 Å². The molecular weight excluding hydrogens is 182 g/mol. The SMILES string of the molecule is CC(=O)Nc1ccc2c(c1)CSC2. The second-order valence-electron chi connectivity index (χ2n) is 3.16. The Bertz CT molecular complexity index is 349. The van der Waals surface area contributed by atoms with Crippen molar-refractivity contribution in [3.05, 3.63) is 29.3 Å². The monoisotopic (exact) mass is 193 g/mol. The van der Waals surface area contributed by atoms with Gasteiger partial charge in [0.25, 0.3) is 0 Å². The first kappa shape index (κ1) is 8.63. The van der Waals surface area contributed by atoms with Gasteiger partial charge in [-0.15, -0.1) is 0 Å². The minimum atomic E-state index is -0.00870. The van der Waals surface area contributed by atoms with E-state index in [-0.39, 0.29) is 5.91 Å². The molecule has 2 rings (SSSR count). The van der Waals surface area contributed by atoms with E-state index in [1.165, 1.54) is 18.1 Å². The summed E-state index contributed by atoms with van der Waals surface area (Å²) in [7, 11) is 0. The highest BCUT2D eigenvalue weighted by Crippen LogP contribution is 2.31. The summed E-state index contributed by atoms with van der Waals surface area (Å²) in [5.41, 5.74) is 3.67. The van der Waals surface area contributed by atoms with Gasteiger partial charge in [0, 0.05) is 24.1 Å². The summed E-state index contributed by atoms with van der Waals surface area (Å²) in [6.45, 7) is 1.53. The van der Waals surface area contributed by atoms with Crippen LogP contribution in [0.2, 0.25) is 0 Å². The summed E-state index contributed by atoms with van der Waals surface area (Å²) < 4.78 is 0. The third-order valence-electron chi connectivity index (χ3n) is 2.04. The molecule has 1 aliphatic rings. The maximum Gasteiger partial charge on any atom is 0.221 e. The van der Waals surface area contributed by atoms with Gasteiger partial charge in [-0.1, -0.05) is 6.07 Å². The molecule has 0 bridgehead atoms. The van der Waals surface area contributed by atoms with Gasteiger partial charge in [0.05, 0.1) is 0 Å². The number of benzene rings is 1. The number of carbonyl (C=O) groups is 1. The number of carbonyl (C=O) groups excluding carboxylic acids is 1. The first-order valence-electron chi connectivity index (χ1n) is 4.23. The molecule has 0 atom stereocenters. The molecule has 2 nitrogen and oxygen atoms in total. The van der Waals surface area contributed by atoms with Gasteiger partial charge in [0.15, 0.2) is 0 Å². The van der Waals surface area contributed by atoms with Gasteiger partial charge in [-0.05, 0) is 23.3 Å². The number of thioether (sulfide) groups is 1. The van der Waals surface area contributed by atoms with Gasteiger partial charge in [0.2, 0.25) is 5.91 Å². The van der Waals surface area contributed by atoms with E-state index >= 15 is 0 Å². The highest BCUT2D eigenvalue weighted by atomic mass is 32.2. The van der Waals surface area contributed by atoms with E-state index in [0.29, 0.717) is 0 Å². The summed E-state index contributed by atoms with van der Waals surface area (Å²) >= 11 is 1.92. The molecule has 0 aromatic heterocycles. The van der Waals surface area contributed by atoms with Crippen LogP contribution >= 0.6 is 11.8 Å². The number of anilines is 1. The molecule has 13 heavy (non-hydrogen) atoms. The van der Waals surface area contributed by atoms with Crippen LogP contribution in [-0.2, 0) is 16.3 Å². The molecule has 1 amide bonds. The van der Waals surface area contributed by atoms with Crippen LogP contribution in [0, 0.1) is 0 Å². The Morgan fingerprint density at radius 2 is 2.15 bits per heavy atom. The molecule has 1 aromatic rings. The van der Waals surface area contributed by atoms with Crippen molar-refractivity contribution >= 4 is 23.4 Å². The lowest BCUT2D eigenvalue weighted by Crippen LogP contribution is -2.05. The van der Waals surface area contributed by atoms with Crippen LogP contribution in [0.25, 0.3) is 0 Å². The molecule has 0 fully saturated rings. The van der Waals surface area contributed by atoms with Crippen LogP contribution in [0.3, 0.4) is 0 Å². The lowest BCUT2D eigenvalue weighted by Gasteiger charge is -2.04. The summed E-state index contributed by atoms with van der Waals surface area (Å²) in [6, 6.07) is 6.13. The van der Waals surface area contributed by atoms with Crippen molar-refractivity contribution in [2.45, 2.75) is 18.4 Å². The fourth-order valence-corrected chi connectivity index (χ4v) is 2.55. The molecule has 0 spiro atoms. The molecule has 0 aliphatic carbocycles. The number of hydrogen-bond acceptors (Lipinski definition) is 2. The first-order chi connectivity index (χ1) is 6.25. The predicted octanol–water partition coefficient (Wildman–Crippen LogP) is 2.39. The van der Waals surface area contributed by atoms with Crippen molar-refractivity contribution in [3.8, 4) is 0 Å². The van der Waals surface area contributed by atoms with E-state index in [1.807, 2.05) is 17.8 Å². The fourth-order valence-electron chi connectivity index (χ4n) is 1.45. The standard InChI is InChI=1S/C10H11NOS/c1-7(12)11-10-3-2-8-5-13-6-9(8)4-10/h2-4H,5-6H2,1H3,(H,11,12). The number of amides is 1. The Kier molecular flexibility index (Phi) is 2.27. The second kappa shape index (κ2) is 3.42. The molecule has 0 saturated carbocycles. The molecule has 68 valence electrons. The topological polar surface area (TPSA) is 29.1 Å². The van der Waals surface area contributed by atoms with E-state index in [0.717, 1.165) is 17.2 Å². The van der Waals surface area contributed by atoms with Crippen molar-refractivity contribution in [1.29, 1.82) is 0 Å². The Labute approximate surface area is 81.7 Å². The number of fused-ring (bicyclic) bond motifs is 1. The highest BCUT2D eigenvalue weighted by molar-refractivity contribution is 7.98. The van der Waals surface area contributed by atoms with Gasteiger partial charge >= 0.3 is 0 Å². The van der Waals surface area contributed by atoms with Crippen molar-refractivity contribution in [3.63, 3.8) is 0 Å². The molecule has 0 saturated heterocycles. The number of nitrogens with one attached hydrogen (secondary N) is 1. The molecule has 0 radical (unpaired) electrons. The first-order valence-corrected chi connectivity index (χ1v) is 5.38. The second-order valence-corrected chi connectivity index (χ2v) is 4.14.